The van der Waals surface area contributed by atoms with Crippen molar-refractivity contribution in [1.82, 2.24) is 19.9 Å². The molecule has 14 nitrogen and oxygen atoms in total. The molecular weight excluding hydrogens is 596 g/mol. The van der Waals surface area contributed by atoms with E-state index >= 15 is 0 Å². The Hall–Kier alpha value is -6.44. The van der Waals surface area contributed by atoms with E-state index < -0.39 is 4.92 Å². The van der Waals surface area contributed by atoms with Crippen LogP contribution in [0.15, 0.2) is 85.5 Å². The van der Waals surface area contributed by atoms with E-state index in [0.717, 1.165) is 10.9 Å². The minimum atomic E-state index is -0.567. The summed E-state index contributed by atoms with van der Waals surface area (Å²) in [6.07, 6.45) is 6.14. The van der Waals surface area contributed by atoms with Gasteiger partial charge in [-0.1, -0.05) is 0 Å². The molecule has 14 heteroatoms. The average molecular weight is 625 g/mol. The number of pyridine rings is 4. The van der Waals surface area contributed by atoms with Crippen molar-refractivity contribution in [2.45, 2.75) is 0 Å². The maximum Gasteiger partial charge on any atom is 0.363 e. The van der Waals surface area contributed by atoms with Crippen LogP contribution in [-0.4, -0.2) is 53.3 Å². The summed E-state index contributed by atoms with van der Waals surface area (Å²) in [5.74, 6) is 4.69. The Morgan fingerprint density at radius 3 is 1.43 bits per heavy atom. The lowest BCUT2D eigenvalue weighted by Crippen LogP contribution is -1.94. The van der Waals surface area contributed by atoms with Gasteiger partial charge in [0, 0.05) is 41.4 Å². The summed E-state index contributed by atoms with van der Waals surface area (Å²) in [6, 6.07) is 16.8. The fourth-order valence-electron chi connectivity index (χ4n) is 4.32. The highest BCUT2D eigenvalue weighted by molar-refractivity contribution is 5.89. The third kappa shape index (κ3) is 6.86. The molecule has 0 unspecified atom stereocenters. The number of nitrogens with two attached hydrogens (primary N) is 1. The molecule has 0 aliphatic carbocycles. The number of ether oxygens (including phenoxy) is 6. The molecule has 0 aliphatic rings. The van der Waals surface area contributed by atoms with Gasteiger partial charge in [-0.25, -0.2) is 4.98 Å². The third-order valence-corrected chi connectivity index (χ3v) is 6.54. The van der Waals surface area contributed by atoms with Crippen LogP contribution in [0.3, 0.4) is 0 Å². The molecule has 2 N–H and O–H groups in total. The summed E-state index contributed by atoms with van der Waals surface area (Å²) in [6.45, 7) is 0. The van der Waals surface area contributed by atoms with Crippen LogP contribution in [-0.2, 0) is 0 Å². The number of anilines is 1. The van der Waals surface area contributed by atoms with Gasteiger partial charge in [-0.05, 0) is 52.4 Å². The van der Waals surface area contributed by atoms with Crippen LogP contribution in [0.1, 0.15) is 0 Å². The van der Waals surface area contributed by atoms with E-state index in [9.17, 15) is 10.1 Å². The van der Waals surface area contributed by atoms with Crippen LogP contribution >= 0.6 is 0 Å². The van der Waals surface area contributed by atoms with Crippen LogP contribution in [0.2, 0.25) is 0 Å². The molecule has 2 aromatic carbocycles. The van der Waals surface area contributed by atoms with Crippen molar-refractivity contribution in [2.24, 2.45) is 0 Å². The van der Waals surface area contributed by atoms with Gasteiger partial charge in [-0.15, -0.1) is 0 Å². The van der Waals surface area contributed by atoms with E-state index in [0.29, 0.717) is 62.7 Å². The van der Waals surface area contributed by atoms with Crippen LogP contribution in [0.5, 0.6) is 46.0 Å². The minimum absolute atomic E-state index is 0.242. The van der Waals surface area contributed by atoms with E-state index in [2.05, 4.69) is 19.9 Å². The molecule has 4 aromatic heterocycles. The molecule has 46 heavy (non-hydrogen) atoms. The second-order valence-electron chi connectivity index (χ2n) is 9.30. The second-order valence-corrected chi connectivity index (χ2v) is 9.30. The fourth-order valence-corrected chi connectivity index (χ4v) is 4.32. The normalized spacial score (nSPS) is 10.4. The number of fused-ring (bicyclic) bond motifs is 2. The number of methoxy groups -OCH3 is 4. The Labute approximate surface area is 262 Å². The van der Waals surface area contributed by atoms with Crippen LogP contribution in [0, 0.1) is 10.1 Å². The molecule has 0 atom stereocenters. The van der Waals surface area contributed by atoms with Crippen molar-refractivity contribution in [1.29, 1.82) is 0 Å². The lowest BCUT2D eigenvalue weighted by molar-refractivity contribution is -0.389. The van der Waals surface area contributed by atoms with Gasteiger partial charge < -0.3 is 44.3 Å². The topological polar surface area (TPSA) is 176 Å². The van der Waals surface area contributed by atoms with E-state index in [-0.39, 0.29) is 5.82 Å². The first kappa shape index (κ1) is 31.0. The molecule has 6 rings (SSSR count). The number of nitrogen functional groups attached to an aromatic ring is 1. The summed E-state index contributed by atoms with van der Waals surface area (Å²) in [5, 5.41) is 12.2. The summed E-state index contributed by atoms with van der Waals surface area (Å²) in [7, 11) is 6.27. The standard InChI is InChI=1S/C16H13N3O5.C16H15N3O3/c1-22-14-7-11-12(8-15(14)23-2)17-6-5-13(11)24-10-3-4-16(18-9-10)19(20)21;1-20-14-7-11-12(8-15(14)21-2)18-6-5-13(11)22-10-3-4-16(17)19-9-10/h3-9H,1-2H3;3-9H,1-2H3,(H2,17,19). The average Bonchev–Trinajstić information content (AvgIpc) is 3.08. The Balaban J connectivity index is 0.000000182. The molecule has 0 radical (unpaired) electrons. The molecule has 0 aliphatic heterocycles. The van der Waals surface area contributed by atoms with Crippen molar-refractivity contribution >= 4 is 33.4 Å². The maximum absolute atomic E-state index is 10.6. The number of nitrogens with zero attached hydrogens (tertiary/aromatic N) is 5. The van der Waals surface area contributed by atoms with Crippen LogP contribution in [0.4, 0.5) is 11.6 Å². The van der Waals surface area contributed by atoms with Crippen LogP contribution in [0.25, 0.3) is 21.8 Å². The summed E-state index contributed by atoms with van der Waals surface area (Å²) in [4.78, 5) is 26.4. The lowest BCUT2D eigenvalue weighted by Gasteiger charge is -2.12. The van der Waals surface area contributed by atoms with E-state index in [4.69, 9.17) is 34.2 Å². The van der Waals surface area contributed by atoms with E-state index in [1.54, 1.807) is 83.4 Å². The summed E-state index contributed by atoms with van der Waals surface area (Å²) in [5.41, 5.74) is 6.99. The Morgan fingerprint density at radius 2 is 1.04 bits per heavy atom. The van der Waals surface area contributed by atoms with Crippen LogP contribution < -0.4 is 34.2 Å². The zero-order chi connectivity index (χ0) is 32.6. The zero-order valence-electron chi connectivity index (χ0n) is 25.2. The smallest absolute Gasteiger partial charge is 0.363 e. The maximum atomic E-state index is 10.6. The highest BCUT2D eigenvalue weighted by Crippen LogP contribution is 2.38. The molecule has 0 amide bonds. The summed E-state index contributed by atoms with van der Waals surface area (Å²) >= 11 is 0. The fraction of sp³-hybridized carbons (Fsp3) is 0.125. The molecule has 6 aromatic rings. The van der Waals surface area contributed by atoms with Crippen molar-refractivity contribution in [3.63, 3.8) is 0 Å². The number of hydrogen-bond donors (Lipinski definition) is 1. The third-order valence-electron chi connectivity index (χ3n) is 6.54. The Kier molecular flexibility index (Phi) is 9.37. The molecule has 234 valence electrons. The number of rotatable bonds is 9. The molecule has 0 saturated heterocycles. The lowest BCUT2D eigenvalue weighted by atomic mass is 10.2. The first-order valence-electron chi connectivity index (χ1n) is 13.5. The van der Waals surface area contributed by atoms with Gasteiger partial charge in [0.05, 0.1) is 45.7 Å². The molecule has 0 spiro atoms. The molecule has 0 saturated carbocycles. The van der Waals surface area contributed by atoms with Crippen molar-refractivity contribution in [2.75, 3.05) is 34.2 Å². The molecule has 0 bridgehead atoms. The van der Waals surface area contributed by atoms with Gasteiger partial charge >= 0.3 is 5.82 Å². The zero-order valence-corrected chi connectivity index (χ0v) is 25.2. The predicted molar refractivity (Wildman–Crippen MR) is 169 cm³/mol. The highest BCUT2D eigenvalue weighted by Gasteiger charge is 2.14. The molecular formula is C32H28N6O8. The minimum Gasteiger partial charge on any atom is -0.493 e. The molecule has 0 fully saturated rings. The number of hydrogen-bond acceptors (Lipinski definition) is 13. The predicted octanol–water partition coefficient (Wildman–Crippen LogP) is 6.37. The first-order valence-corrected chi connectivity index (χ1v) is 13.5. The number of benzene rings is 2. The SMILES string of the molecule is COc1cc2nccc(Oc3ccc(N)nc3)c2cc1OC.COc1cc2nccc(Oc3ccc([N+](=O)[O-])nc3)c2cc1OC. The van der Waals surface area contributed by atoms with Gasteiger partial charge in [-0.2, -0.15) is 0 Å². The Bertz CT molecular complexity index is 1990. The highest BCUT2D eigenvalue weighted by atomic mass is 16.6. The number of aromatic nitrogens is 4. The van der Waals surface area contributed by atoms with Crippen molar-refractivity contribution in [3.05, 3.63) is 95.6 Å². The quantitative estimate of drug-likeness (QED) is 0.139. The largest absolute Gasteiger partial charge is 0.493 e. The second kappa shape index (κ2) is 13.9. The van der Waals surface area contributed by atoms with Gasteiger partial charge in [0.25, 0.3) is 0 Å². The van der Waals surface area contributed by atoms with Gasteiger partial charge in [0.15, 0.2) is 34.9 Å². The van der Waals surface area contributed by atoms with Gasteiger partial charge in [0.1, 0.15) is 23.1 Å². The van der Waals surface area contributed by atoms with Crippen molar-refractivity contribution < 1.29 is 33.3 Å². The monoisotopic (exact) mass is 624 g/mol. The molecule has 4 heterocycles. The van der Waals surface area contributed by atoms with E-state index in [1.165, 1.54) is 18.3 Å². The van der Waals surface area contributed by atoms with Crippen molar-refractivity contribution in [3.8, 4) is 46.0 Å². The Morgan fingerprint density at radius 1 is 0.587 bits per heavy atom. The van der Waals surface area contributed by atoms with E-state index in [1.807, 2.05) is 12.1 Å². The number of nitro groups is 1. The van der Waals surface area contributed by atoms with Gasteiger partial charge in [-0.3, -0.25) is 9.97 Å². The first-order chi connectivity index (χ1) is 22.3. The van der Waals surface area contributed by atoms with Gasteiger partial charge in [0.2, 0.25) is 0 Å². The summed E-state index contributed by atoms with van der Waals surface area (Å²) < 4.78 is 32.8.